The van der Waals surface area contributed by atoms with E-state index in [0.717, 1.165) is 48.6 Å². The van der Waals surface area contributed by atoms with Gasteiger partial charge in [-0.3, -0.25) is 4.79 Å². The van der Waals surface area contributed by atoms with Gasteiger partial charge in [0.25, 0.3) is 11.8 Å². The minimum Gasteiger partial charge on any atom is -0.497 e. The summed E-state index contributed by atoms with van der Waals surface area (Å²) in [5, 5.41) is 7.05. The molecule has 8 nitrogen and oxygen atoms in total. The van der Waals surface area contributed by atoms with Crippen molar-refractivity contribution >= 4 is 11.7 Å². The van der Waals surface area contributed by atoms with Gasteiger partial charge in [0.1, 0.15) is 11.6 Å². The molecule has 156 valence electrons. The first-order chi connectivity index (χ1) is 14.5. The number of hydrogen-bond donors (Lipinski definition) is 1. The number of amides is 1. The molecule has 4 rings (SSSR count). The van der Waals surface area contributed by atoms with Gasteiger partial charge in [-0.05, 0) is 62.6 Å². The van der Waals surface area contributed by atoms with Crippen molar-refractivity contribution < 1.29 is 14.1 Å². The van der Waals surface area contributed by atoms with Crippen molar-refractivity contribution in [3.05, 3.63) is 53.5 Å². The Bertz CT molecular complexity index is 1040. The SMILES string of the molecule is COc1ccc(C(=O)NC2CCN(c3ncccc3-c3nc(C)no3)CC2)c(C)c1. The quantitative estimate of drug-likeness (QED) is 0.694. The summed E-state index contributed by atoms with van der Waals surface area (Å²) in [4.78, 5) is 23.8. The van der Waals surface area contributed by atoms with Crippen molar-refractivity contribution in [1.29, 1.82) is 0 Å². The molecule has 1 fully saturated rings. The van der Waals surface area contributed by atoms with Gasteiger partial charge in [-0.25, -0.2) is 4.98 Å². The van der Waals surface area contributed by atoms with E-state index < -0.39 is 0 Å². The number of rotatable bonds is 5. The topological polar surface area (TPSA) is 93.4 Å². The number of pyridine rings is 1. The van der Waals surface area contributed by atoms with Crippen LogP contribution in [0.15, 0.2) is 41.1 Å². The van der Waals surface area contributed by atoms with Gasteiger partial charge < -0.3 is 19.5 Å². The van der Waals surface area contributed by atoms with Crippen molar-refractivity contribution in [2.24, 2.45) is 0 Å². The zero-order chi connectivity index (χ0) is 21.1. The molecule has 0 aliphatic carbocycles. The van der Waals surface area contributed by atoms with Gasteiger partial charge in [-0.2, -0.15) is 4.98 Å². The van der Waals surface area contributed by atoms with Crippen LogP contribution in [0.2, 0.25) is 0 Å². The number of anilines is 1. The summed E-state index contributed by atoms with van der Waals surface area (Å²) in [7, 11) is 1.62. The summed E-state index contributed by atoms with van der Waals surface area (Å²) in [5.74, 6) is 2.60. The zero-order valence-electron chi connectivity index (χ0n) is 17.4. The van der Waals surface area contributed by atoms with Gasteiger partial charge in [0.2, 0.25) is 0 Å². The van der Waals surface area contributed by atoms with E-state index in [1.807, 2.05) is 37.3 Å². The summed E-state index contributed by atoms with van der Waals surface area (Å²) in [5.41, 5.74) is 2.41. The lowest BCUT2D eigenvalue weighted by molar-refractivity contribution is 0.0930. The van der Waals surface area contributed by atoms with Crippen LogP contribution in [-0.4, -0.2) is 47.3 Å². The van der Waals surface area contributed by atoms with Crippen molar-refractivity contribution in [3.63, 3.8) is 0 Å². The molecule has 0 bridgehead atoms. The van der Waals surface area contributed by atoms with Crippen LogP contribution in [0.5, 0.6) is 5.75 Å². The average Bonchev–Trinajstić information content (AvgIpc) is 3.20. The Labute approximate surface area is 175 Å². The van der Waals surface area contributed by atoms with Crippen molar-refractivity contribution in [1.82, 2.24) is 20.4 Å². The molecule has 0 spiro atoms. The van der Waals surface area contributed by atoms with Crippen LogP contribution in [0.3, 0.4) is 0 Å². The third kappa shape index (κ3) is 4.12. The van der Waals surface area contributed by atoms with Crippen LogP contribution in [0.4, 0.5) is 5.82 Å². The Morgan fingerprint density at radius 1 is 1.23 bits per heavy atom. The monoisotopic (exact) mass is 407 g/mol. The molecule has 1 aliphatic rings. The number of nitrogens with one attached hydrogen (secondary N) is 1. The summed E-state index contributed by atoms with van der Waals surface area (Å²) in [6.45, 7) is 5.27. The molecule has 0 atom stereocenters. The van der Waals surface area contributed by atoms with E-state index in [0.29, 0.717) is 17.3 Å². The number of hydrogen-bond acceptors (Lipinski definition) is 7. The van der Waals surface area contributed by atoms with Crippen molar-refractivity contribution in [2.75, 3.05) is 25.1 Å². The molecule has 2 aromatic heterocycles. The molecule has 1 aliphatic heterocycles. The molecule has 1 saturated heterocycles. The maximum absolute atomic E-state index is 12.7. The van der Waals surface area contributed by atoms with Crippen LogP contribution in [0.25, 0.3) is 11.5 Å². The van der Waals surface area contributed by atoms with E-state index in [9.17, 15) is 4.79 Å². The van der Waals surface area contributed by atoms with Gasteiger partial charge in [-0.15, -0.1) is 0 Å². The lowest BCUT2D eigenvalue weighted by Gasteiger charge is -2.33. The molecule has 0 radical (unpaired) electrons. The van der Waals surface area contributed by atoms with Gasteiger partial charge in [0.05, 0.1) is 12.7 Å². The maximum atomic E-state index is 12.7. The Kier molecular flexibility index (Phi) is 5.65. The highest BCUT2D eigenvalue weighted by Crippen LogP contribution is 2.29. The smallest absolute Gasteiger partial charge is 0.261 e. The molecule has 0 unspecified atom stereocenters. The van der Waals surface area contributed by atoms with Crippen LogP contribution < -0.4 is 15.0 Å². The highest BCUT2D eigenvalue weighted by Gasteiger charge is 2.25. The fourth-order valence-electron chi connectivity index (χ4n) is 3.74. The number of benzene rings is 1. The lowest BCUT2D eigenvalue weighted by atomic mass is 10.0. The van der Waals surface area contributed by atoms with E-state index >= 15 is 0 Å². The number of piperidine rings is 1. The second kappa shape index (κ2) is 8.52. The van der Waals surface area contributed by atoms with E-state index in [2.05, 4.69) is 25.3 Å². The minimum atomic E-state index is -0.0477. The van der Waals surface area contributed by atoms with Gasteiger partial charge >= 0.3 is 0 Å². The Balaban J connectivity index is 1.41. The molecule has 3 heterocycles. The standard InChI is InChI=1S/C22H25N5O3/c1-14-13-17(29-3)6-7-18(14)21(28)25-16-8-11-27(12-9-16)20-19(5-4-10-23-20)22-24-15(2)26-30-22/h4-7,10,13,16H,8-9,11-12H2,1-3H3,(H,25,28). The molecule has 3 aromatic rings. The first kappa shape index (κ1) is 19.9. The number of methoxy groups -OCH3 is 1. The third-order valence-electron chi connectivity index (χ3n) is 5.35. The van der Waals surface area contributed by atoms with Crippen molar-refractivity contribution in [3.8, 4) is 17.2 Å². The second-order valence-electron chi connectivity index (χ2n) is 7.44. The molecule has 0 saturated carbocycles. The summed E-state index contributed by atoms with van der Waals surface area (Å²) in [6, 6.07) is 9.42. The predicted octanol–water partition coefficient (Wildman–Crippen LogP) is 3.16. The summed E-state index contributed by atoms with van der Waals surface area (Å²) < 4.78 is 10.6. The largest absolute Gasteiger partial charge is 0.497 e. The first-order valence-corrected chi connectivity index (χ1v) is 10.0. The molecular weight excluding hydrogens is 382 g/mol. The first-order valence-electron chi connectivity index (χ1n) is 10.0. The number of carbonyl (C=O) groups is 1. The summed E-state index contributed by atoms with van der Waals surface area (Å²) in [6.07, 6.45) is 3.43. The lowest BCUT2D eigenvalue weighted by Crippen LogP contribution is -2.45. The number of aryl methyl sites for hydroxylation is 2. The Morgan fingerprint density at radius 3 is 2.70 bits per heavy atom. The fourth-order valence-corrected chi connectivity index (χ4v) is 3.74. The minimum absolute atomic E-state index is 0.0477. The normalized spacial score (nSPS) is 14.6. The molecule has 1 amide bonds. The second-order valence-corrected chi connectivity index (χ2v) is 7.44. The summed E-state index contributed by atoms with van der Waals surface area (Å²) >= 11 is 0. The number of carbonyl (C=O) groups excluding carboxylic acids is 1. The van der Waals surface area contributed by atoms with Crippen LogP contribution in [0, 0.1) is 13.8 Å². The highest BCUT2D eigenvalue weighted by atomic mass is 16.5. The number of nitrogens with zero attached hydrogens (tertiary/aromatic N) is 4. The van der Waals surface area contributed by atoms with Gasteiger partial charge in [0.15, 0.2) is 5.82 Å². The number of ether oxygens (including phenoxy) is 1. The number of aromatic nitrogens is 3. The molecule has 8 heteroatoms. The van der Waals surface area contributed by atoms with Gasteiger partial charge in [0, 0.05) is 30.9 Å². The van der Waals surface area contributed by atoms with Crippen LogP contribution in [-0.2, 0) is 0 Å². The Hall–Kier alpha value is -3.42. The maximum Gasteiger partial charge on any atom is 0.261 e. The van der Waals surface area contributed by atoms with Crippen molar-refractivity contribution in [2.45, 2.75) is 32.7 Å². The van der Waals surface area contributed by atoms with Crippen LogP contribution in [0.1, 0.15) is 34.6 Å². The molecule has 30 heavy (non-hydrogen) atoms. The Morgan fingerprint density at radius 2 is 2.03 bits per heavy atom. The molecule has 1 aromatic carbocycles. The van der Waals surface area contributed by atoms with Crippen LogP contribution >= 0.6 is 0 Å². The van der Waals surface area contributed by atoms with E-state index in [-0.39, 0.29) is 11.9 Å². The highest BCUT2D eigenvalue weighted by molar-refractivity contribution is 5.96. The fraction of sp³-hybridized carbons (Fsp3) is 0.364. The van der Waals surface area contributed by atoms with E-state index in [1.54, 1.807) is 20.2 Å². The van der Waals surface area contributed by atoms with E-state index in [1.165, 1.54) is 0 Å². The van der Waals surface area contributed by atoms with Gasteiger partial charge in [-0.1, -0.05) is 5.16 Å². The predicted molar refractivity (Wildman–Crippen MR) is 113 cm³/mol. The zero-order valence-corrected chi connectivity index (χ0v) is 17.4. The average molecular weight is 407 g/mol. The third-order valence-corrected chi connectivity index (χ3v) is 5.35. The molecule has 1 N–H and O–H groups in total. The molecular formula is C22H25N5O3. The van der Waals surface area contributed by atoms with E-state index in [4.69, 9.17) is 9.26 Å².